The van der Waals surface area contributed by atoms with Gasteiger partial charge in [-0.25, -0.2) is 0 Å². The molecule has 0 bridgehead atoms. The summed E-state index contributed by atoms with van der Waals surface area (Å²) in [6, 6.07) is 12.1. The van der Waals surface area contributed by atoms with Crippen molar-refractivity contribution in [2.45, 2.75) is 38.6 Å². The van der Waals surface area contributed by atoms with Crippen LogP contribution in [0.5, 0.6) is 0 Å². The van der Waals surface area contributed by atoms with Crippen molar-refractivity contribution in [1.29, 1.82) is 0 Å². The van der Waals surface area contributed by atoms with E-state index < -0.39 is 0 Å². The lowest BCUT2D eigenvalue weighted by atomic mass is 10.1. The molecule has 7 nitrogen and oxygen atoms in total. The van der Waals surface area contributed by atoms with Crippen LogP contribution in [0.1, 0.15) is 43.6 Å². The van der Waals surface area contributed by atoms with E-state index in [4.69, 9.17) is 4.42 Å². The highest BCUT2D eigenvalue weighted by atomic mass is 127. The van der Waals surface area contributed by atoms with E-state index in [1.54, 1.807) is 13.3 Å². The van der Waals surface area contributed by atoms with E-state index in [9.17, 15) is 4.79 Å². The maximum Gasteiger partial charge on any atom is 0.221 e. The van der Waals surface area contributed by atoms with Crippen LogP contribution in [0.15, 0.2) is 52.1 Å². The molecule has 1 aromatic carbocycles. The maximum absolute atomic E-state index is 11.1. The molecule has 0 saturated carbocycles. The lowest BCUT2D eigenvalue weighted by Gasteiger charge is -2.33. The highest BCUT2D eigenvalue weighted by Crippen LogP contribution is 2.24. The molecule has 3 N–H and O–H groups in total. The number of carbonyl (C=O) groups is 1. The molecule has 1 amide bonds. The third kappa shape index (κ3) is 8.17. The smallest absolute Gasteiger partial charge is 0.221 e. The van der Waals surface area contributed by atoms with Gasteiger partial charge in [0.1, 0.15) is 5.76 Å². The van der Waals surface area contributed by atoms with Crippen LogP contribution < -0.4 is 16.0 Å². The Morgan fingerprint density at radius 2 is 1.87 bits per heavy atom. The van der Waals surface area contributed by atoms with Crippen molar-refractivity contribution >= 4 is 41.5 Å². The molecule has 3 rings (SSSR count). The second-order valence-electron chi connectivity index (χ2n) is 7.64. The Morgan fingerprint density at radius 3 is 2.48 bits per heavy atom. The first-order valence-corrected chi connectivity index (χ1v) is 10.7. The molecule has 170 valence electrons. The number of aliphatic imine (C=N–C) groups is 1. The van der Waals surface area contributed by atoms with Crippen molar-refractivity contribution in [3.63, 3.8) is 0 Å². The van der Waals surface area contributed by atoms with Gasteiger partial charge in [-0.3, -0.25) is 14.7 Å². The monoisotopic (exact) mass is 539 g/mol. The average molecular weight is 539 g/mol. The van der Waals surface area contributed by atoms with Gasteiger partial charge in [0, 0.05) is 32.7 Å². The number of piperidine rings is 1. The number of hydrogen-bond donors (Lipinski definition) is 3. The Morgan fingerprint density at radius 1 is 1.13 bits per heavy atom. The van der Waals surface area contributed by atoms with Crippen LogP contribution >= 0.6 is 24.0 Å². The summed E-state index contributed by atoms with van der Waals surface area (Å²) in [4.78, 5) is 18.0. The summed E-state index contributed by atoms with van der Waals surface area (Å²) >= 11 is 0. The first kappa shape index (κ1) is 25.2. The normalized spacial score (nSPS) is 15.6. The molecule has 2 heterocycles. The minimum atomic E-state index is -0.0586. The molecule has 1 aromatic heterocycles. The fourth-order valence-corrected chi connectivity index (χ4v) is 3.82. The van der Waals surface area contributed by atoms with Gasteiger partial charge in [0.25, 0.3) is 0 Å². The van der Waals surface area contributed by atoms with Crippen LogP contribution in [0.4, 0.5) is 5.69 Å². The Bertz CT molecular complexity index is 802. The van der Waals surface area contributed by atoms with Crippen LogP contribution in [-0.2, 0) is 11.2 Å². The number of guanidine groups is 1. The predicted octanol–water partition coefficient (Wildman–Crippen LogP) is 3.79. The topological polar surface area (TPSA) is 81.9 Å². The Balaban J connectivity index is 0.00000341. The molecule has 0 aliphatic carbocycles. The number of nitrogens with zero attached hydrogens (tertiary/aromatic N) is 2. The van der Waals surface area contributed by atoms with Gasteiger partial charge in [-0.05, 0) is 62.2 Å². The van der Waals surface area contributed by atoms with Gasteiger partial charge in [0.05, 0.1) is 12.3 Å². The Hall–Kier alpha value is -2.07. The SMILES string of the molecule is CN=C(NCCc1ccc(NC(C)=O)cc1)NCC(c1ccco1)N1CCCCC1.I. The van der Waals surface area contributed by atoms with Crippen molar-refractivity contribution in [1.82, 2.24) is 15.5 Å². The number of amides is 1. The number of rotatable bonds is 8. The number of carbonyl (C=O) groups excluding carboxylic acids is 1. The quantitative estimate of drug-likeness (QED) is 0.270. The predicted molar refractivity (Wildman–Crippen MR) is 136 cm³/mol. The summed E-state index contributed by atoms with van der Waals surface area (Å²) in [6.07, 6.45) is 6.41. The molecular weight excluding hydrogens is 505 g/mol. The number of anilines is 1. The Kier molecular flexibility index (Phi) is 10.9. The van der Waals surface area contributed by atoms with E-state index in [1.165, 1.54) is 31.7 Å². The summed E-state index contributed by atoms with van der Waals surface area (Å²) in [5, 5.41) is 9.64. The van der Waals surface area contributed by atoms with Gasteiger partial charge < -0.3 is 20.4 Å². The largest absolute Gasteiger partial charge is 0.468 e. The van der Waals surface area contributed by atoms with Crippen molar-refractivity contribution in [2.75, 3.05) is 38.5 Å². The highest BCUT2D eigenvalue weighted by Gasteiger charge is 2.24. The number of hydrogen-bond acceptors (Lipinski definition) is 4. The third-order valence-electron chi connectivity index (χ3n) is 5.37. The fourth-order valence-electron chi connectivity index (χ4n) is 3.82. The molecule has 1 aliphatic heterocycles. The first-order valence-electron chi connectivity index (χ1n) is 10.7. The third-order valence-corrected chi connectivity index (χ3v) is 5.37. The van der Waals surface area contributed by atoms with E-state index in [0.717, 1.165) is 50.0 Å². The molecule has 1 unspecified atom stereocenters. The number of furan rings is 1. The molecular formula is C23H34IN5O2. The van der Waals surface area contributed by atoms with Gasteiger partial charge in [0.15, 0.2) is 5.96 Å². The summed E-state index contributed by atoms with van der Waals surface area (Å²) < 4.78 is 5.72. The summed E-state index contributed by atoms with van der Waals surface area (Å²) in [6.45, 7) is 5.24. The van der Waals surface area contributed by atoms with Gasteiger partial charge in [-0.15, -0.1) is 24.0 Å². The Labute approximate surface area is 202 Å². The van der Waals surface area contributed by atoms with Crippen LogP contribution in [0, 0.1) is 0 Å². The van der Waals surface area contributed by atoms with E-state index in [0.29, 0.717) is 0 Å². The van der Waals surface area contributed by atoms with Crippen LogP contribution in [0.3, 0.4) is 0 Å². The molecule has 8 heteroatoms. The van der Waals surface area contributed by atoms with Crippen molar-refractivity contribution in [3.05, 3.63) is 54.0 Å². The summed E-state index contributed by atoms with van der Waals surface area (Å²) in [5.41, 5.74) is 2.02. The van der Waals surface area contributed by atoms with Crippen molar-refractivity contribution in [2.24, 2.45) is 4.99 Å². The number of likely N-dealkylation sites (tertiary alicyclic amines) is 1. The lowest BCUT2D eigenvalue weighted by Crippen LogP contribution is -2.44. The molecule has 1 saturated heterocycles. The van der Waals surface area contributed by atoms with E-state index >= 15 is 0 Å². The zero-order chi connectivity index (χ0) is 21.2. The van der Waals surface area contributed by atoms with Crippen LogP contribution in [0.2, 0.25) is 0 Å². The van der Waals surface area contributed by atoms with Gasteiger partial charge in [-0.2, -0.15) is 0 Å². The molecule has 1 aliphatic rings. The van der Waals surface area contributed by atoms with Crippen molar-refractivity contribution < 1.29 is 9.21 Å². The standard InChI is InChI=1S/C23H33N5O2.HI/c1-18(29)27-20-10-8-19(9-11-20)12-13-25-23(24-2)26-17-21(22-7-6-16-30-22)28-14-4-3-5-15-28;/h6-11,16,21H,3-5,12-15,17H2,1-2H3,(H,27,29)(H2,24,25,26);1H. The summed E-state index contributed by atoms with van der Waals surface area (Å²) in [5.74, 6) is 1.73. The van der Waals surface area contributed by atoms with Crippen molar-refractivity contribution in [3.8, 4) is 0 Å². The molecule has 0 spiro atoms. The lowest BCUT2D eigenvalue weighted by molar-refractivity contribution is -0.114. The zero-order valence-electron chi connectivity index (χ0n) is 18.4. The fraction of sp³-hybridized carbons (Fsp3) is 0.478. The number of nitrogens with one attached hydrogen (secondary N) is 3. The molecule has 2 aromatic rings. The second kappa shape index (κ2) is 13.4. The molecule has 1 fully saturated rings. The van der Waals surface area contributed by atoms with Gasteiger partial charge >= 0.3 is 0 Å². The minimum Gasteiger partial charge on any atom is -0.468 e. The second-order valence-corrected chi connectivity index (χ2v) is 7.64. The molecule has 1 atom stereocenters. The van der Waals surface area contributed by atoms with E-state index in [1.807, 2.05) is 30.3 Å². The van der Waals surface area contributed by atoms with Crippen LogP contribution in [0.25, 0.3) is 0 Å². The summed E-state index contributed by atoms with van der Waals surface area (Å²) in [7, 11) is 1.79. The first-order chi connectivity index (χ1) is 14.7. The molecule has 0 radical (unpaired) electrons. The minimum absolute atomic E-state index is 0. The molecule has 31 heavy (non-hydrogen) atoms. The highest BCUT2D eigenvalue weighted by molar-refractivity contribution is 14.0. The van der Waals surface area contributed by atoms with Crippen LogP contribution in [-0.4, -0.2) is 50.0 Å². The number of benzene rings is 1. The van der Waals surface area contributed by atoms with E-state index in [-0.39, 0.29) is 35.9 Å². The van der Waals surface area contributed by atoms with Gasteiger partial charge in [0.2, 0.25) is 5.91 Å². The number of halogens is 1. The average Bonchev–Trinajstić information content (AvgIpc) is 3.29. The van der Waals surface area contributed by atoms with E-state index in [2.05, 4.69) is 31.9 Å². The van der Waals surface area contributed by atoms with Gasteiger partial charge in [-0.1, -0.05) is 18.6 Å². The maximum atomic E-state index is 11.1. The zero-order valence-corrected chi connectivity index (χ0v) is 20.7.